The molecule has 8 heteroatoms. The molecule has 1 amide bonds. The van der Waals surface area contributed by atoms with Crippen molar-refractivity contribution in [1.82, 2.24) is 14.2 Å². The first-order valence-electron chi connectivity index (χ1n) is 9.08. The summed E-state index contributed by atoms with van der Waals surface area (Å²) in [4.78, 5) is 17.7. The SMILES string of the molecule is CCS(=O)(=O)N1C[C@H]2CN(C(=O)c3ccc[nH]3)[C@H](c3cccc(F)c3)[C@H]2C1. The zero-order valence-corrected chi connectivity index (χ0v) is 15.8. The van der Waals surface area contributed by atoms with E-state index in [0.717, 1.165) is 0 Å². The Morgan fingerprint density at radius 3 is 2.70 bits per heavy atom. The van der Waals surface area contributed by atoms with Gasteiger partial charge in [-0.3, -0.25) is 4.79 Å². The fourth-order valence-electron chi connectivity index (χ4n) is 4.36. The molecule has 0 aliphatic carbocycles. The minimum atomic E-state index is -3.29. The summed E-state index contributed by atoms with van der Waals surface area (Å²) < 4.78 is 40.0. The Balaban J connectivity index is 1.69. The summed E-state index contributed by atoms with van der Waals surface area (Å²) in [5, 5.41) is 0. The fourth-order valence-corrected chi connectivity index (χ4v) is 5.54. The molecule has 2 aromatic rings. The molecule has 2 saturated heterocycles. The summed E-state index contributed by atoms with van der Waals surface area (Å²) in [7, 11) is -3.29. The van der Waals surface area contributed by atoms with Gasteiger partial charge in [-0.25, -0.2) is 17.1 Å². The van der Waals surface area contributed by atoms with E-state index >= 15 is 0 Å². The van der Waals surface area contributed by atoms with Crippen LogP contribution in [-0.4, -0.2) is 53.9 Å². The lowest BCUT2D eigenvalue weighted by molar-refractivity contribution is 0.0703. The second-order valence-corrected chi connectivity index (χ2v) is 9.44. The molecule has 0 spiro atoms. The highest BCUT2D eigenvalue weighted by atomic mass is 32.2. The lowest BCUT2D eigenvalue weighted by Crippen LogP contribution is -2.38. The van der Waals surface area contributed by atoms with E-state index in [4.69, 9.17) is 0 Å². The van der Waals surface area contributed by atoms with Gasteiger partial charge < -0.3 is 9.88 Å². The summed E-state index contributed by atoms with van der Waals surface area (Å²) in [5.41, 5.74) is 1.19. The molecule has 4 rings (SSSR count). The predicted molar refractivity (Wildman–Crippen MR) is 99.0 cm³/mol. The van der Waals surface area contributed by atoms with Crippen LogP contribution in [0.25, 0.3) is 0 Å². The Bertz CT molecular complexity index is 945. The maximum absolute atomic E-state index is 13.9. The van der Waals surface area contributed by atoms with Crippen molar-refractivity contribution in [1.29, 1.82) is 0 Å². The molecule has 27 heavy (non-hydrogen) atoms. The lowest BCUT2D eigenvalue weighted by atomic mass is 9.89. The number of amides is 1. The number of aromatic amines is 1. The number of rotatable bonds is 4. The molecule has 3 heterocycles. The van der Waals surface area contributed by atoms with Gasteiger partial charge in [-0.2, -0.15) is 0 Å². The van der Waals surface area contributed by atoms with E-state index in [1.165, 1.54) is 16.4 Å². The van der Waals surface area contributed by atoms with Gasteiger partial charge in [-0.15, -0.1) is 0 Å². The fraction of sp³-hybridized carbons (Fsp3) is 0.421. The van der Waals surface area contributed by atoms with Gasteiger partial charge in [0.1, 0.15) is 11.5 Å². The van der Waals surface area contributed by atoms with Crippen LogP contribution < -0.4 is 0 Å². The Labute approximate surface area is 158 Å². The summed E-state index contributed by atoms with van der Waals surface area (Å²) in [5.74, 6) is -0.458. The second kappa shape index (κ2) is 6.76. The zero-order chi connectivity index (χ0) is 19.2. The Kier molecular flexibility index (Phi) is 4.55. The van der Waals surface area contributed by atoms with Crippen molar-refractivity contribution in [3.63, 3.8) is 0 Å². The number of carbonyl (C=O) groups excluding carboxylic acids is 1. The van der Waals surface area contributed by atoms with Gasteiger partial charge in [0.05, 0.1) is 11.8 Å². The second-order valence-electron chi connectivity index (χ2n) is 7.18. The molecule has 144 valence electrons. The van der Waals surface area contributed by atoms with E-state index in [0.29, 0.717) is 30.9 Å². The lowest BCUT2D eigenvalue weighted by Gasteiger charge is -2.29. The summed E-state index contributed by atoms with van der Waals surface area (Å²) in [6, 6.07) is 9.38. The molecule has 1 N–H and O–H groups in total. The molecular weight excluding hydrogens is 369 g/mol. The molecular formula is C19H22FN3O3S. The number of carbonyl (C=O) groups is 1. The largest absolute Gasteiger partial charge is 0.357 e. The molecule has 0 bridgehead atoms. The minimum Gasteiger partial charge on any atom is -0.357 e. The van der Waals surface area contributed by atoms with Gasteiger partial charge in [0, 0.05) is 31.7 Å². The first-order valence-corrected chi connectivity index (χ1v) is 10.7. The van der Waals surface area contributed by atoms with E-state index < -0.39 is 10.0 Å². The number of sulfonamides is 1. The zero-order valence-electron chi connectivity index (χ0n) is 15.0. The molecule has 2 aliphatic heterocycles. The standard InChI is InChI=1S/C19H22FN3O3S/c1-2-27(25,26)22-10-14-11-23(19(24)17-7-4-8-21-17)18(16(14)12-22)13-5-3-6-15(20)9-13/h3-9,14,16,18,21H,2,10-12H2,1H3/t14-,16-,18+/m0/s1. The van der Waals surface area contributed by atoms with Crippen molar-refractivity contribution in [2.75, 3.05) is 25.4 Å². The summed E-state index contributed by atoms with van der Waals surface area (Å²) >= 11 is 0. The van der Waals surface area contributed by atoms with Gasteiger partial charge in [-0.1, -0.05) is 12.1 Å². The van der Waals surface area contributed by atoms with Crippen molar-refractivity contribution < 1.29 is 17.6 Å². The molecule has 0 unspecified atom stereocenters. The Morgan fingerprint density at radius 1 is 1.22 bits per heavy atom. The molecule has 3 atom stereocenters. The van der Waals surface area contributed by atoms with Crippen LogP contribution >= 0.6 is 0 Å². The first kappa shape index (κ1) is 18.2. The first-order chi connectivity index (χ1) is 12.9. The molecule has 0 saturated carbocycles. The molecule has 1 aromatic carbocycles. The molecule has 2 aliphatic rings. The van der Waals surface area contributed by atoms with Gasteiger partial charge in [-0.05, 0) is 42.7 Å². The third kappa shape index (κ3) is 3.17. The number of benzene rings is 1. The highest BCUT2D eigenvalue weighted by molar-refractivity contribution is 7.89. The van der Waals surface area contributed by atoms with Gasteiger partial charge in [0.2, 0.25) is 10.0 Å². The number of halogens is 1. The van der Waals surface area contributed by atoms with Crippen molar-refractivity contribution >= 4 is 15.9 Å². The monoisotopic (exact) mass is 391 g/mol. The van der Waals surface area contributed by atoms with E-state index in [1.807, 2.05) is 6.07 Å². The van der Waals surface area contributed by atoms with Crippen LogP contribution in [0.15, 0.2) is 42.6 Å². The normalized spacial score (nSPS) is 25.7. The Morgan fingerprint density at radius 2 is 2.04 bits per heavy atom. The van der Waals surface area contributed by atoms with Crippen molar-refractivity contribution in [3.05, 3.63) is 59.7 Å². The number of nitrogens with one attached hydrogen (secondary N) is 1. The van der Waals surface area contributed by atoms with Crippen LogP contribution in [0.1, 0.15) is 29.0 Å². The van der Waals surface area contributed by atoms with E-state index in [2.05, 4.69) is 4.98 Å². The number of hydrogen-bond donors (Lipinski definition) is 1. The van der Waals surface area contributed by atoms with E-state index in [9.17, 15) is 17.6 Å². The number of likely N-dealkylation sites (tertiary alicyclic amines) is 1. The number of fused-ring (bicyclic) bond motifs is 1. The van der Waals surface area contributed by atoms with Crippen molar-refractivity contribution in [2.45, 2.75) is 13.0 Å². The van der Waals surface area contributed by atoms with Gasteiger partial charge >= 0.3 is 0 Å². The van der Waals surface area contributed by atoms with E-state index in [1.54, 1.807) is 36.2 Å². The third-order valence-corrected chi connectivity index (χ3v) is 7.48. The summed E-state index contributed by atoms with van der Waals surface area (Å²) in [6.07, 6.45) is 1.69. The molecule has 0 radical (unpaired) electrons. The maximum atomic E-state index is 13.9. The minimum absolute atomic E-state index is 0.0403. The molecule has 2 fully saturated rings. The van der Waals surface area contributed by atoms with Gasteiger partial charge in [0.15, 0.2) is 0 Å². The highest BCUT2D eigenvalue weighted by Gasteiger charge is 2.51. The molecule has 6 nitrogen and oxygen atoms in total. The topological polar surface area (TPSA) is 73.5 Å². The third-order valence-electron chi connectivity index (χ3n) is 5.67. The van der Waals surface area contributed by atoms with Crippen LogP contribution in [0.2, 0.25) is 0 Å². The van der Waals surface area contributed by atoms with Crippen LogP contribution in [0.3, 0.4) is 0 Å². The highest BCUT2D eigenvalue weighted by Crippen LogP contribution is 2.46. The molecule has 1 aromatic heterocycles. The maximum Gasteiger partial charge on any atom is 0.270 e. The quantitative estimate of drug-likeness (QED) is 0.869. The number of H-pyrrole nitrogens is 1. The average Bonchev–Trinajstić information content (AvgIpc) is 3.36. The summed E-state index contributed by atoms with van der Waals surface area (Å²) in [6.45, 7) is 2.85. The number of hydrogen-bond acceptors (Lipinski definition) is 3. The Hall–Kier alpha value is -2.19. The number of nitrogens with zero attached hydrogens (tertiary/aromatic N) is 2. The van der Waals surface area contributed by atoms with Crippen LogP contribution in [-0.2, 0) is 10.0 Å². The average molecular weight is 391 g/mol. The smallest absolute Gasteiger partial charge is 0.270 e. The van der Waals surface area contributed by atoms with Crippen LogP contribution in [0.5, 0.6) is 0 Å². The van der Waals surface area contributed by atoms with Crippen molar-refractivity contribution in [2.24, 2.45) is 11.8 Å². The van der Waals surface area contributed by atoms with Crippen molar-refractivity contribution in [3.8, 4) is 0 Å². The van der Waals surface area contributed by atoms with Crippen LogP contribution in [0.4, 0.5) is 4.39 Å². The van der Waals surface area contributed by atoms with Gasteiger partial charge in [0.25, 0.3) is 5.91 Å². The predicted octanol–water partition coefficient (Wildman–Crippen LogP) is 2.25. The van der Waals surface area contributed by atoms with E-state index in [-0.39, 0.29) is 35.4 Å². The number of aromatic nitrogens is 1. The van der Waals surface area contributed by atoms with Crippen LogP contribution in [0, 0.1) is 17.7 Å².